The zero-order valence-electron chi connectivity index (χ0n) is 14.0. The lowest BCUT2D eigenvalue weighted by Crippen LogP contribution is -2.25. The first-order chi connectivity index (χ1) is 12.6. The summed E-state index contributed by atoms with van der Waals surface area (Å²) in [5.74, 6) is -0.530. The molecule has 0 saturated carbocycles. The van der Waals surface area contributed by atoms with Crippen molar-refractivity contribution < 1.29 is 31.5 Å². The van der Waals surface area contributed by atoms with Crippen molar-refractivity contribution in [3.8, 4) is 5.75 Å². The molecule has 1 N–H and O–H groups in total. The van der Waals surface area contributed by atoms with Gasteiger partial charge in [-0.2, -0.15) is 27.1 Å². The second kappa shape index (κ2) is 8.55. The predicted molar refractivity (Wildman–Crippen MR) is 87.0 cm³/mol. The van der Waals surface area contributed by atoms with Gasteiger partial charge in [0.2, 0.25) is 0 Å². The summed E-state index contributed by atoms with van der Waals surface area (Å²) in [6, 6.07) is 5.10. The van der Waals surface area contributed by atoms with Crippen LogP contribution in [0.1, 0.15) is 28.2 Å². The van der Waals surface area contributed by atoms with E-state index in [1.807, 2.05) is 0 Å². The van der Waals surface area contributed by atoms with E-state index < -0.39 is 29.4 Å². The molecule has 0 bridgehead atoms. The average molecular weight is 412 g/mol. The van der Waals surface area contributed by atoms with E-state index in [2.05, 4.69) is 15.2 Å². The van der Waals surface area contributed by atoms with Crippen molar-refractivity contribution >= 4 is 17.5 Å². The lowest BCUT2D eigenvalue weighted by atomic mass is 10.2. The molecule has 0 fully saturated rings. The first-order valence-corrected chi connectivity index (χ1v) is 8.10. The van der Waals surface area contributed by atoms with Gasteiger partial charge in [0.15, 0.2) is 5.69 Å². The van der Waals surface area contributed by atoms with Gasteiger partial charge in [0.25, 0.3) is 5.91 Å². The van der Waals surface area contributed by atoms with Crippen LogP contribution in [-0.4, -0.2) is 28.8 Å². The van der Waals surface area contributed by atoms with Crippen molar-refractivity contribution in [2.45, 2.75) is 32.7 Å². The van der Waals surface area contributed by atoms with Gasteiger partial charge in [-0.1, -0.05) is 11.6 Å². The largest absolute Gasteiger partial charge is 0.436 e. The zero-order chi connectivity index (χ0) is 20.2. The summed E-state index contributed by atoms with van der Waals surface area (Å²) in [7, 11) is 0. The van der Waals surface area contributed by atoms with Crippen molar-refractivity contribution in [3.05, 3.63) is 46.2 Å². The standard InChI is InChI=1S/C16H15ClF5N3O2/c1-9-12(17)13(16(20,21)22)24-25(9)8-2-7-23-14(26)10-3-5-11(6-4-10)27-15(18)19/h3-6,15H,2,7-8H2,1H3,(H,23,26). The number of amides is 1. The van der Waals surface area contributed by atoms with E-state index in [-0.39, 0.29) is 30.1 Å². The van der Waals surface area contributed by atoms with Gasteiger partial charge >= 0.3 is 12.8 Å². The Morgan fingerprint density at radius 2 is 1.93 bits per heavy atom. The van der Waals surface area contributed by atoms with Crippen LogP contribution in [0.2, 0.25) is 5.02 Å². The molecule has 1 amide bonds. The van der Waals surface area contributed by atoms with Gasteiger partial charge in [0.1, 0.15) is 5.75 Å². The van der Waals surface area contributed by atoms with Crippen molar-refractivity contribution in [1.29, 1.82) is 0 Å². The van der Waals surface area contributed by atoms with Crippen LogP contribution in [0.3, 0.4) is 0 Å². The van der Waals surface area contributed by atoms with Gasteiger partial charge in [-0.25, -0.2) is 0 Å². The molecule has 11 heteroatoms. The first kappa shape index (κ1) is 20.9. The minimum absolute atomic E-state index is 0.0759. The summed E-state index contributed by atoms with van der Waals surface area (Å²) in [5, 5.41) is 5.59. The van der Waals surface area contributed by atoms with Crippen molar-refractivity contribution in [1.82, 2.24) is 15.1 Å². The van der Waals surface area contributed by atoms with Crippen LogP contribution in [-0.2, 0) is 12.7 Å². The van der Waals surface area contributed by atoms with E-state index >= 15 is 0 Å². The van der Waals surface area contributed by atoms with E-state index in [9.17, 15) is 26.7 Å². The second-order valence-electron chi connectivity index (χ2n) is 5.48. The molecule has 0 aliphatic rings. The van der Waals surface area contributed by atoms with Gasteiger partial charge in [0, 0.05) is 18.7 Å². The third-order valence-corrected chi connectivity index (χ3v) is 4.03. The molecule has 0 spiro atoms. The van der Waals surface area contributed by atoms with Crippen LogP contribution >= 0.6 is 11.6 Å². The molecule has 0 aliphatic carbocycles. The average Bonchev–Trinajstić information content (AvgIpc) is 2.87. The maximum Gasteiger partial charge on any atom is 0.436 e. The number of halogens is 6. The summed E-state index contributed by atoms with van der Waals surface area (Å²) < 4.78 is 67.7. The molecular weight excluding hydrogens is 397 g/mol. The number of benzene rings is 1. The number of rotatable bonds is 7. The molecule has 148 valence electrons. The Bertz CT molecular complexity index is 791. The number of nitrogens with zero attached hydrogens (tertiary/aromatic N) is 2. The molecule has 1 heterocycles. The normalized spacial score (nSPS) is 11.7. The Kier molecular flexibility index (Phi) is 6.63. The summed E-state index contributed by atoms with van der Waals surface area (Å²) in [6.07, 6.45) is -4.32. The first-order valence-electron chi connectivity index (χ1n) is 7.72. The van der Waals surface area contributed by atoms with Crippen LogP contribution < -0.4 is 10.1 Å². The number of ether oxygens (including phenoxy) is 1. The highest BCUT2D eigenvalue weighted by Crippen LogP contribution is 2.35. The fourth-order valence-corrected chi connectivity index (χ4v) is 2.49. The Hall–Kier alpha value is -2.36. The van der Waals surface area contributed by atoms with E-state index in [0.29, 0.717) is 6.42 Å². The minimum Gasteiger partial charge on any atom is -0.435 e. The van der Waals surface area contributed by atoms with Crippen LogP contribution in [0.4, 0.5) is 22.0 Å². The number of carbonyl (C=O) groups is 1. The molecule has 5 nitrogen and oxygen atoms in total. The highest BCUT2D eigenvalue weighted by Gasteiger charge is 2.38. The van der Waals surface area contributed by atoms with Crippen molar-refractivity contribution in [2.75, 3.05) is 6.54 Å². The maximum absolute atomic E-state index is 12.8. The van der Waals surface area contributed by atoms with Crippen LogP contribution in [0.15, 0.2) is 24.3 Å². The van der Waals surface area contributed by atoms with Crippen LogP contribution in [0, 0.1) is 6.92 Å². The monoisotopic (exact) mass is 411 g/mol. The topological polar surface area (TPSA) is 56.2 Å². The van der Waals surface area contributed by atoms with Crippen LogP contribution in [0.5, 0.6) is 5.75 Å². The molecule has 0 unspecified atom stereocenters. The molecule has 2 aromatic rings. The summed E-state index contributed by atoms with van der Waals surface area (Å²) >= 11 is 5.66. The number of aromatic nitrogens is 2. The molecule has 0 atom stereocenters. The summed E-state index contributed by atoms with van der Waals surface area (Å²) in [5.41, 5.74) is -0.726. The minimum atomic E-state index is -4.64. The van der Waals surface area contributed by atoms with Gasteiger partial charge in [-0.3, -0.25) is 9.48 Å². The quantitative estimate of drug-likeness (QED) is 0.546. The Morgan fingerprint density at radius 3 is 2.44 bits per heavy atom. The van der Waals surface area contributed by atoms with Gasteiger partial charge in [-0.15, -0.1) is 0 Å². The number of hydrogen-bond acceptors (Lipinski definition) is 3. The molecule has 1 aromatic heterocycles. The fraction of sp³-hybridized carbons (Fsp3) is 0.375. The lowest BCUT2D eigenvalue weighted by molar-refractivity contribution is -0.141. The maximum atomic E-state index is 12.8. The molecule has 0 radical (unpaired) electrons. The lowest BCUT2D eigenvalue weighted by Gasteiger charge is -2.08. The van der Waals surface area contributed by atoms with Gasteiger partial charge in [-0.05, 0) is 37.6 Å². The predicted octanol–water partition coefficient (Wildman–Crippen LogP) is 4.29. The number of aryl methyl sites for hydroxylation is 1. The fourth-order valence-electron chi connectivity index (χ4n) is 2.24. The molecule has 1 aromatic carbocycles. The molecule has 0 saturated heterocycles. The Labute approximate surface area is 156 Å². The number of alkyl halides is 5. The smallest absolute Gasteiger partial charge is 0.435 e. The summed E-state index contributed by atoms with van der Waals surface area (Å²) in [6.45, 7) is -1.23. The highest BCUT2D eigenvalue weighted by molar-refractivity contribution is 6.31. The van der Waals surface area contributed by atoms with E-state index in [0.717, 1.165) is 4.68 Å². The number of nitrogens with one attached hydrogen (secondary N) is 1. The number of carbonyl (C=O) groups excluding carboxylic acids is 1. The summed E-state index contributed by atoms with van der Waals surface area (Å²) in [4.78, 5) is 12.0. The SMILES string of the molecule is Cc1c(Cl)c(C(F)(F)F)nn1CCCNC(=O)c1ccc(OC(F)F)cc1. The molecule has 27 heavy (non-hydrogen) atoms. The second-order valence-corrected chi connectivity index (χ2v) is 5.86. The number of hydrogen-bond donors (Lipinski definition) is 1. The van der Waals surface area contributed by atoms with Crippen molar-refractivity contribution in [2.24, 2.45) is 0 Å². The highest BCUT2D eigenvalue weighted by atomic mass is 35.5. The molecule has 2 rings (SSSR count). The van der Waals surface area contributed by atoms with E-state index in [4.69, 9.17) is 11.6 Å². The Morgan fingerprint density at radius 1 is 1.30 bits per heavy atom. The third-order valence-electron chi connectivity index (χ3n) is 3.58. The van der Waals surface area contributed by atoms with Crippen LogP contribution in [0.25, 0.3) is 0 Å². The van der Waals surface area contributed by atoms with E-state index in [1.54, 1.807) is 0 Å². The van der Waals surface area contributed by atoms with E-state index in [1.165, 1.54) is 31.2 Å². The molecular formula is C16H15ClF5N3O2. The zero-order valence-corrected chi connectivity index (χ0v) is 14.7. The Balaban J connectivity index is 1.85. The molecule has 0 aliphatic heterocycles. The third kappa shape index (κ3) is 5.56. The van der Waals surface area contributed by atoms with Gasteiger partial charge in [0.05, 0.1) is 10.7 Å². The van der Waals surface area contributed by atoms with Gasteiger partial charge < -0.3 is 10.1 Å². The van der Waals surface area contributed by atoms with Crippen molar-refractivity contribution in [3.63, 3.8) is 0 Å².